The molecule has 0 aliphatic rings. The van der Waals surface area contributed by atoms with Crippen LogP contribution in [0.1, 0.15) is 18.9 Å². The maximum atomic E-state index is 6.27. The SMILES string of the molecule is CCCc1c(NC)ncnc1Nc1ccc(Br)c(Cl)c1Cl. The zero-order chi connectivity index (χ0) is 15.4. The number of aromatic nitrogens is 2. The second-order valence-corrected chi connectivity index (χ2v) is 6.01. The van der Waals surface area contributed by atoms with E-state index in [1.54, 1.807) is 0 Å². The molecule has 0 unspecified atom stereocenters. The van der Waals surface area contributed by atoms with Gasteiger partial charge in [0.1, 0.15) is 18.0 Å². The number of halogens is 3. The average Bonchev–Trinajstić information content (AvgIpc) is 2.49. The second kappa shape index (κ2) is 7.29. The molecule has 1 heterocycles. The zero-order valence-electron chi connectivity index (χ0n) is 11.7. The Labute approximate surface area is 142 Å². The van der Waals surface area contributed by atoms with Crippen LogP contribution in [-0.2, 0) is 6.42 Å². The van der Waals surface area contributed by atoms with Crippen LogP contribution < -0.4 is 10.6 Å². The molecule has 0 spiro atoms. The van der Waals surface area contributed by atoms with Gasteiger partial charge in [-0.3, -0.25) is 0 Å². The summed E-state index contributed by atoms with van der Waals surface area (Å²) in [6.45, 7) is 2.11. The van der Waals surface area contributed by atoms with E-state index in [9.17, 15) is 0 Å². The van der Waals surface area contributed by atoms with Gasteiger partial charge in [0, 0.05) is 17.1 Å². The van der Waals surface area contributed by atoms with E-state index in [4.69, 9.17) is 23.2 Å². The Bertz CT molecular complexity index is 649. The van der Waals surface area contributed by atoms with Crippen LogP contribution in [0.2, 0.25) is 10.0 Å². The van der Waals surface area contributed by atoms with E-state index in [1.807, 2.05) is 19.2 Å². The molecule has 0 aliphatic carbocycles. The van der Waals surface area contributed by atoms with Crippen LogP contribution in [0.25, 0.3) is 0 Å². The minimum absolute atomic E-state index is 0.457. The molecule has 0 bridgehead atoms. The Morgan fingerprint density at radius 3 is 2.52 bits per heavy atom. The summed E-state index contributed by atoms with van der Waals surface area (Å²) in [7, 11) is 1.84. The smallest absolute Gasteiger partial charge is 0.139 e. The Balaban J connectivity index is 2.42. The van der Waals surface area contributed by atoms with E-state index in [-0.39, 0.29) is 0 Å². The molecule has 21 heavy (non-hydrogen) atoms. The van der Waals surface area contributed by atoms with E-state index in [1.165, 1.54) is 6.33 Å². The van der Waals surface area contributed by atoms with Crippen molar-refractivity contribution < 1.29 is 0 Å². The molecular weight excluding hydrogens is 375 g/mol. The monoisotopic (exact) mass is 388 g/mol. The minimum atomic E-state index is 0.457. The molecule has 4 nitrogen and oxygen atoms in total. The lowest BCUT2D eigenvalue weighted by Crippen LogP contribution is -2.05. The van der Waals surface area contributed by atoms with Gasteiger partial charge >= 0.3 is 0 Å². The Hall–Kier alpha value is -1.04. The van der Waals surface area contributed by atoms with Gasteiger partial charge in [0.25, 0.3) is 0 Å². The van der Waals surface area contributed by atoms with Crippen molar-refractivity contribution in [1.29, 1.82) is 0 Å². The van der Waals surface area contributed by atoms with Crippen LogP contribution >= 0.6 is 39.1 Å². The van der Waals surface area contributed by atoms with Gasteiger partial charge < -0.3 is 10.6 Å². The lowest BCUT2D eigenvalue weighted by molar-refractivity contribution is 0.905. The summed E-state index contributed by atoms with van der Waals surface area (Å²) >= 11 is 15.8. The van der Waals surface area contributed by atoms with Crippen LogP contribution in [-0.4, -0.2) is 17.0 Å². The fourth-order valence-electron chi connectivity index (χ4n) is 1.97. The van der Waals surface area contributed by atoms with Crippen molar-refractivity contribution in [3.63, 3.8) is 0 Å². The molecular formula is C14H15BrCl2N4. The predicted molar refractivity (Wildman–Crippen MR) is 93.0 cm³/mol. The summed E-state index contributed by atoms with van der Waals surface area (Å²) in [4.78, 5) is 8.56. The van der Waals surface area contributed by atoms with E-state index >= 15 is 0 Å². The van der Waals surface area contributed by atoms with Gasteiger partial charge in [-0.1, -0.05) is 36.5 Å². The molecule has 0 saturated heterocycles. The molecule has 7 heteroatoms. The summed E-state index contributed by atoms with van der Waals surface area (Å²) in [5.74, 6) is 1.55. The van der Waals surface area contributed by atoms with Crippen molar-refractivity contribution in [2.75, 3.05) is 17.7 Å². The molecule has 0 atom stereocenters. The number of rotatable bonds is 5. The van der Waals surface area contributed by atoms with E-state index in [0.717, 1.165) is 34.5 Å². The minimum Gasteiger partial charge on any atom is -0.373 e. The van der Waals surface area contributed by atoms with Gasteiger partial charge in [-0.25, -0.2) is 9.97 Å². The number of hydrogen-bond donors (Lipinski definition) is 2. The van der Waals surface area contributed by atoms with Crippen molar-refractivity contribution in [1.82, 2.24) is 9.97 Å². The fourth-order valence-corrected chi connectivity index (χ4v) is 2.79. The first-order chi connectivity index (χ1) is 10.1. The quantitative estimate of drug-likeness (QED) is 0.682. The van der Waals surface area contributed by atoms with Gasteiger partial charge in [0.2, 0.25) is 0 Å². The topological polar surface area (TPSA) is 49.8 Å². The van der Waals surface area contributed by atoms with Gasteiger partial charge in [-0.2, -0.15) is 0 Å². The summed E-state index contributed by atoms with van der Waals surface area (Å²) in [5.41, 5.74) is 1.74. The molecule has 1 aromatic heterocycles. The highest BCUT2D eigenvalue weighted by atomic mass is 79.9. The number of hydrogen-bond acceptors (Lipinski definition) is 4. The lowest BCUT2D eigenvalue weighted by atomic mass is 10.1. The maximum Gasteiger partial charge on any atom is 0.139 e. The van der Waals surface area contributed by atoms with Crippen LogP contribution in [0.3, 0.4) is 0 Å². The Kier molecular flexibility index (Phi) is 5.67. The zero-order valence-corrected chi connectivity index (χ0v) is 14.8. The third-order valence-corrected chi connectivity index (χ3v) is 4.74. The third-order valence-electron chi connectivity index (χ3n) is 2.97. The molecule has 0 fully saturated rings. The summed E-state index contributed by atoms with van der Waals surface area (Å²) in [5, 5.41) is 7.25. The first kappa shape index (κ1) is 16.3. The largest absolute Gasteiger partial charge is 0.373 e. The van der Waals surface area contributed by atoms with Crippen molar-refractivity contribution in [2.45, 2.75) is 19.8 Å². The number of anilines is 3. The van der Waals surface area contributed by atoms with Gasteiger partial charge in [-0.05, 0) is 34.5 Å². The molecule has 0 amide bonds. The van der Waals surface area contributed by atoms with E-state index in [0.29, 0.717) is 15.7 Å². The normalized spacial score (nSPS) is 10.5. The Morgan fingerprint density at radius 1 is 1.14 bits per heavy atom. The molecule has 0 aliphatic heterocycles. The molecule has 1 aromatic carbocycles. The van der Waals surface area contributed by atoms with E-state index < -0.39 is 0 Å². The second-order valence-electron chi connectivity index (χ2n) is 4.40. The fraction of sp³-hybridized carbons (Fsp3) is 0.286. The highest BCUT2D eigenvalue weighted by Gasteiger charge is 2.13. The molecule has 0 radical (unpaired) electrons. The summed E-state index contributed by atoms with van der Waals surface area (Å²) < 4.78 is 0.757. The standard InChI is InChI=1S/C14H15BrCl2N4/c1-3-4-8-13(18-2)19-7-20-14(8)21-10-6-5-9(15)11(16)12(10)17/h5-7H,3-4H2,1-2H3,(H2,18,19,20,21). The highest BCUT2D eigenvalue weighted by Crippen LogP contribution is 2.37. The number of nitrogens with one attached hydrogen (secondary N) is 2. The predicted octanol–water partition coefficient (Wildman–Crippen LogP) is 5.28. The van der Waals surface area contributed by atoms with Crippen LogP contribution in [0.5, 0.6) is 0 Å². The van der Waals surface area contributed by atoms with E-state index in [2.05, 4.69) is 43.5 Å². The van der Waals surface area contributed by atoms with Crippen molar-refractivity contribution >= 4 is 56.5 Å². The lowest BCUT2D eigenvalue weighted by Gasteiger charge is -2.15. The van der Waals surface area contributed by atoms with Gasteiger partial charge in [0.15, 0.2) is 0 Å². The highest BCUT2D eigenvalue weighted by molar-refractivity contribution is 9.10. The van der Waals surface area contributed by atoms with Crippen molar-refractivity contribution in [2.24, 2.45) is 0 Å². The third kappa shape index (κ3) is 3.59. The summed E-state index contributed by atoms with van der Waals surface area (Å²) in [6.07, 6.45) is 3.37. The molecule has 2 rings (SSSR count). The van der Waals surface area contributed by atoms with Crippen molar-refractivity contribution in [3.05, 3.63) is 38.5 Å². The number of nitrogens with zero attached hydrogens (tertiary/aromatic N) is 2. The average molecular weight is 390 g/mol. The van der Waals surface area contributed by atoms with Crippen LogP contribution in [0, 0.1) is 0 Å². The molecule has 2 N–H and O–H groups in total. The maximum absolute atomic E-state index is 6.27. The first-order valence-electron chi connectivity index (χ1n) is 6.50. The van der Waals surface area contributed by atoms with Crippen LogP contribution in [0.15, 0.2) is 22.9 Å². The van der Waals surface area contributed by atoms with Crippen molar-refractivity contribution in [3.8, 4) is 0 Å². The molecule has 2 aromatic rings. The van der Waals surface area contributed by atoms with Gasteiger partial charge in [0.05, 0.1) is 15.7 Å². The number of benzene rings is 1. The molecule has 112 valence electrons. The molecule has 0 saturated carbocycles. The van der Waals surface area contributed by atoms with Crippen LogP contribution in [0.4, 0.5) is 17.3 Å². The Morgan fingerprint density at radius 2 is 1.86 bits per heavy atom. The van der Waals surface area contributed by atoms with Gasteiger partial charge in [-0.15, -0.1) is 0 Å². The first-order valence-corrected chi connectivity index (χ1v) is 8.05. The summed E-state index contributed by atoms with van der Waals surface area (Å²) in [6, 6.07) is 3.70.